The molecular weight excluding hydrogens is 804 g/mol. The van der Waals surface area contributed by atoms with E-state index in [-0.39, 0.29) is 54.1 Å². The van der Waals surface area contributed by atoms with Crippen LogP contribution in [0.4, 0.5) is 0 Å². The Hall–Kier alpha value is -6.16. The topological polar surface area (TPSA) is 203 Å². The molecule has 4 heterocycles. The van der Waals surface area contributed by atoms with Crippen LogP contribution in [0.1, 0.15) is 109 Å². The summed E-state index contributed by atoms with van der Waals surface area (Å²) in [6.07, 6.45) is 6.92. The molecule has 0 radical (unpaired) electrons. The van der Waals surface area contributed by atoms with Gasteiger partial charge in [0, 0.05) is 47.3 Å². The lowest BCUT2D eigenvalue weighted by Gasteiger charge is -2.27. The van der Waals surface area contributed by atoms with E-state index in [9.17, 15) is 28.8 Å². The van der Waals surface area contributed by atoms with Crippen molar-refractivity contribution >= 4 is 58.5 Å². The van der Waals surface area contributed by atoms with Crippen LogP contribution in [-0.2, 0) is 23.9 Å². The Morgan fingerprint density at radius 3 is 2.41 bits per heavy atom. The van der Waals surface area contributed by atoms with Crippen molar-refractivity contribution in [3.63, 3.8) is 0 Å². The monoisotopic (exact) mass is 852 g/mol. The number of aromatic nitrogens is 3. The minimum atomic E-state index is -1.10. The smallest absolute Gasteiger partial charge is 0.266 e. The lowest BCUT2D eigenvalue weighted by molar-refractivity contribution is -0.136. The molecule has 6 amide bonds. The first-order valence-electron chi connectivity index (χ1n) is 20.6. The zero-order chi connectivity index (χ0) is 43.4. The van der Waals surface area contributed by atoms with Crippen LogP contribution < -0.4 is 20.7 Å². The number of methoxy groups -OCH3 is 1. The molecule has 0 spiro atoms. The van der Waals surface area contributed by atoms with E-state index in [2.05, 4.69) is 33.1 Å². The number of hydrogen-bond acceptors (Lipinski definition) is 11. The van der Waals surface area contributed by atoms with Crippen molar-refractivity contribution in [2.24, 2.45) is 16.8 Å². The fraction of sp³-hybridized carbons (Fsp3) is 0.432. The third-order valence-electron chi connectivity index (χ3n) is 11.5. The number of allylic oxidation sites excluding steroid dienone is 4. The Morgan fingerprint density at radius 2 is 1.69 bits per heavy atom. The van der Waals surface area contributed by atoms with E-state index in [0.717, 1.165) is 71.1 Å². The van der Waals surface area contributed by atoms with Gasteiger partial charge in [-0.2, -0.15) is 0 Å². The van der Waals surface area contributed by atoms with Gasteiger partial charge in [-0.05, 0) is 62.9 Å². The molecule has 2 aromatic carbocycles. The first-order valence-corrected chi connectivity index (χ1v) is 21.0. The molecule has 7 rings (SSSR count). The first kappa shape index (κ1) is 42.9. The van der Waals surface area contributed by atoms with Gasteiger partial charge in [0.25, 0.3) is 17.7 Å². The van der Waals surface area contributed by atoms with Crippen LogP contribution in [0.3, 0.4) is 0 Å². The Labute approximate surface area is 358 Å². The van der Waals surface area contributed by atoms with Crippen LogP contribution in [0.2, 0.25) is 5.02 Å². The van der Waals surface area contributed by atoms with Crippen molar-refractivity contribution in [1.29, 1.82) is 0 Å². The van der Waals surface area contributed by atoms with Gasteiger partial charge in [0.1, 0.15) is 23.7 Å². The highest BCUT2D eigenvalue weighted by Crippen LogP contribution is 2.41. The standard InChI is InChI=1S/C44H49ClN8O8/c1-24-21-32-30(22-34(24)60-4)39(27-13-15-28(45)16-14-27)49-38(40-51-50-26(3)52(32)40)25(2)41(56)47-20-9-7-5-6-8-19-46-36(55)23-61-33-12-10-11-29-37(33)44(59)53(43(29)58)31-17-18-35(54)48-42(31)57/h10-16,22,24-25,31,38H,5-9,17-21,23H2,1-4H3,(H,46,55)(H,47,56)(H,48,54,57)/t24?,25-,31?,38+/m1/s1. The largest absolute Gasteiger partial charge is 0.501 e. The number of piperidine rings is 1. The highest BCUT2D eigenvalue weighted by atomic mass is 35.5. The Balaban J connectivity index is 0.859. The number of unbranched alkanes of at least 4 members (excludes halogenated alkanes) is 4. The summed E-state index contributed by atoms with van der Waals surface area (Å²) >= 11 is 6.26. The van der Waals surface area contributed by atoms with Gasteiger partial charge in [-0.25, -0.2) is 0 Å². The van der Waals surface area contributed by atoms with E-state index in [4.69, 9.17) is 26.1 Å². The summed E-state index contributed by atoms with van der Waals surface area (Å²) in [4.78, 5) is 82.7. The predicted molar refractivity (Wildman–Crippen MR) is 224 cm³/mol. The summed E-state index contributed by atoms with van der Waals surface area (Å²) in [5, 5.41) is 17.7. The van der Waals surface area contributed by atoms with Crippen LogP contribution in [0.15, 0.2) is 64.9 Å². The highest BCUT2D eigenvalue weighted by molar-refractivity contribution is 6.31. The van der Waals surface area contributed by atoms with Gasteiger partial charge in [0.15, 0.2) is 12.4 Å². The van der Waals surface area contributed by atoms with Gasteiger partial charge in [-0.15, -0.1) is 10.2 Å². The van der Waals surface area contributed by atoms with Crippen molar-refractivity contribution in [2.75, 3.05) is 26.8 Å². The summed E-state index contributed by atoms with van der Waals surface area (Å²) in [5.41, 5.74) is 3.58. The number of nitrogens with one attached hydrogen (secondary N) is 3. The molecule has 4 aliphatic rings. The minimum Gasteiger partial charge on any atom is -0.501 e. The number of ether oxygens (including phenoxy) is 2. The molecule has 4 atom stereocenters. The quantitative estimate of drug-likeness (QED) is 0.132. The van der Waals surface area contributed by atoms with Gasteiger partial charge in [-0.3, -0.25) is 48.5 Å². The molecule has 3 aromatic rings. The number of benzene rings is 2. The molecule has 61 heavy (non-hydrogen) atoms. The summed E-state index contributed by atoms with van der Waals surface area (Å²) in [6.45, 7) is 6.44. The summed E-state index contributed by atoms with van der Waals surface area (Å²) in [5.74, 6) is -1.23. The normalized spacial score (nSPS) is 20.1. The third-order valence-corrected chi connectivity index (χ3v) is 11.7. The number of amides is 6. The fourth-order valence-corrected chi connectivity index (χ4v) is 8.34. The molecule has 1 aromatic heterocycles. The fourth-order valence-electron chi connectivity index (χ4n) is 8.21. The SMILES string of the molecule is COC1=CC2=C(CC1C)n1c(C)nnc1[C@H]([C@@H](C)C(=O)NCCCCCCCNC(=O)COc1cccc3c1C(=O)N(C1CCC(=O)NC1=O)C3=O)N=C2c1ccc(Cl)cc1. The van der Waals surface area contributed by atoms with Crippen molar-refractivity contribution in [1.82, 2.24) is 35.6 Å². The van der Waals surface area contributed by atoms with Crippen LogP contribution in [0, 0.1) is 18.8 Å². The van der Waals surface area contributed by atoms with Crippen LogP contribution >= 0.6 is 11.6 Å². The number of carbonyl (C=O) groups is 6. The lowest BCUT2D eigenvalue weighted by Crippen LogP contribution is -2.54. The average molecular weight is 853 g/mol. The number of aliphatic imine (C=N–C) groups is 1. The number of imide groups is 2. The zero-order valence-corrected chi connectivity index (χ0v) is 35.3. The van der Waals surface area contributed by atoms with Crippen molar-refractivity contribution < 1.29 is 38.2 Å². The van der Waals surface area contributed by atoms with Gasteiger partial charge in [0.05, 0.1) is 35.6 Å². The maximum Gasteiger partial charge on any atom is 0.266 e. The molecule has 17 heteroatoms. The number of aryl methyl sites for hydroxylation is 1. The lowest BCUT2D eigenvalue weighted by atomic mass is 9.88. The van der Waals surface area contributed by atoms with E-state index < -0.39 is 41.6 Å². The summed E-state index contributed by atoms with van der Waals surface area (Å²) in [7, 11) is 1.67. The van der Waals surface area contributed by atoms with E-state index in [1.165, 1.54) is 18.2 Å². The molecule has 16 nitrogen and oxygen atoms in total. The molecule has 320 valence electrons. The number of hydrogen-bond donors (Lipinski definition) is 3. The zero-order valence-electron chi connectivity index (χ0n) is 34.6. The van der Waals surface area contributed by atoms with Gasteiger partial charge in [-0.1, -0.05) is 62.9 Å². The van der Waals surface area contributed by atoms with Gasteiger partial charge in [0.2, 0.25) is 17.7 Å². The number of fused-ring (bicyclic) bond motifs is 3. The predicted octanol–water partition coefficient (Wildman–Crippen LogP) is 4.86. The molecule has 3 aliphatic heterocycles. The molecule has 3 N–H and O–H groups in total. The average Bonchev–Trinajstić information content (AvgIpc) is 3.70. The van der Waals surface area contributed by atoms with E-state index >= 15 is 0 Å². The number of nitrogens with zero attached hydrogens (tertiary/aromatic N) is 5. The molecule has 1 saturated heterocycles. The Kier molecular flexibility index (Phi) is 13.1. The first-order chi connectivity index (χ1) is 29.4. The highest BCUT2D eigenvalue weighted by Gasteiger charge is 2.46. The number of halogens is 1. The molecule has 0 bridgehead atoms. The number of carbonyl (C=O) groups excluding carboxylic acids is 6. The molecule has 1 fully saturated rings. The minimum absolute atomic E-state index is 0.0112. The van der Waals surface area contributed by atoms with Crippen LogP contribution in [0.5, 0.6) is 5.75 Å². The molecule has 1 aliphatic carbocycles. The van der Waals surface area contributed by atoms with E-state index in [1.807, 2.05) is 48.8 Å². The van der Waals surface area contributed by atoms with Gasteiger partial charge >= 0.3 is 0 Å². The van der Waals surface area contributed by atoms with Crippen LogP contribution in [-0.4, -0.2) is 93.7 Å². The summed E-state index contributed by atoms with van der Waals surface area (Å²) < 4.78 is 13.5. The van der Waals surface area contributed by atoms with E-state index in [1.54, 1.807) is 7.11 Å². The second kappa shape index (κ2) is 18.6. The maximum atomic E-state index is 13.7. The third kappa shape index (κ3) is 8.99. The van der Waals surface area contributed by atoms with Crippen molar-refractivity contribution in [2.45, 2.75) is 84.2 Å². The van der Waals surface area contributed by atoms with Crippen molar-refractivity contribution in [3.8, 4) is 5.75 Å². The molecule has 2 unspecified atom stereocenters. The molecule has 0 saturated carbocycles. The Bertz CT molecular complexity index is 2350. The van der Waals surface area contributed by atoms with Gasteiger partial charge < -0.3 is 20.1 Å². The summed E-state index contributed by atoms with van der Waals surface area (Å²) in [6, 6.07) is 10.3. The van der Waals surface area contributed by atoms with E-state index in [0.29, 0.717) is 30.4 Å². The number of rotatable bonds is 16. The van der Waals surface area contributed by atoms with Crippen molar-refractivity contribution in [3.05, 3.63) is 93.2 Å². The maximum absolute atomic E-state index is 13.7. The molecular formula is C44H49ClN8O8. The Morgan fingerprint density at radius 1 is 0.967 bits per heavy atom. The van der Waals surface area contributed by atoms with Crippen LogP contribution in [0.25, 0.3) is 5.70 Å². The second-order valence-electron chi connectivity index (χ2n) is 15.7. The second-order valence-corrected chi connectivity index (χ2v) is 16.1.